The van der Waals surface area contributed by atoms with Gasteiger partial charge in [-0.2, -0.15) is 0 Å². The summed E-state index contributed by atoms with van der Waals surface area (Å²) >= 11 is 7.08. The van der Waals surface area contributed by atoms with Gasteiger partial charge >= 0.3 is 0 Å². The zero-order valence-electron chi connectivity index (χ0n) is 9.68. The van der Waals surface area contributed by atoms with E-state index < -0.39 is 0 Å². The Labute approximate surface area is 118 Å². The standard InChI is InChI=1S/C13H15Br2FO/c1-13(7-14,8-15)6-11-5-9-4-10(16)2-3-12(9)17-11/h2-4,11H,5-8H2,1H3. The van der Waals surface area contributed by atoms with Crippen molar-refractivity contribution in [3.05, 3.63) is 29.6 Å². The fourth-order valence-corrected chi connectivity index (χ4v) is 3.48. The Balaban J connectivity index is 2.05. The van der Waals surface area contributed by atoms with Crippen molar-refractivity contribution in [2.45, 2.75) is 25.9 Å². The van der Waals surface area contributed by atoms with Gasteiger partial charge in [0.1, 0.15) is 17.7 Å². The lowest BCUT2D eigenvalue weighted by Gasteiger charge is -2.27. The second-order valence-electron chi connectivity index (χ2n) is 4.98. The Kier molecular flexibility index (Phi) is 4.14. The quantitative estimate of drug-likeness (QED) is 0.722. The van der Waals surface area contributed by atoms with Crippen molar-refractivity contribution in [3.8, 4) is 5.75 Å². The van der Waals surface area contributed by atoms with E-state index in [9.17, 15) is 4.39 Å². The van der Waals surface area contributed by atoms with Crippen molar-refractivity contribution in [1.29, 1.82) is 0 Å². The summed E-state index contributed by atoms with van der Waals surface area (Å²) in [5, 5.41) is 1.85. The number of fused-ring (bicyclic) bond motifs is 1. The van der Waals surface area contributed by atoms with Crippen LogP contribution in [0.25, 0.3) is 0 Å². The van der Waals surface area contributed by atoms with E-state index in [4.69, 9.17) is 4.74 Å². The summed E-state index contributed by atoms with van der Waals surface area (Å²) < 4.78 is 18.9. The summed E-state index contributed by atoms with van der Waals surface area (Å²) in [6, 6.07) is 4.76. The third-order valence-electron chi connectivity index (χ3n) is 3.13. The van der Waals surface area contributed by atoms with Crippen LogP contribution in [0, 0.1) is 11.2 Å². The second kappa shape index (κ2) is 5.27. The molecular formula is C13H15Br2FO. The monoisotopic (exact) mass is 364 g/mol. The highest BCUT2D eigenvalue weighted by atomic mass is 79.9. The summed E-state index contributed by atoms with van der Waals surface area (Å²) in [6.45, 7) is 2.21. The van der Waals surface area contributed by atoms with Crippen LogP contribution in [-0.4, -0.2) is 16.8 Å². The van der Waals surface area contributed by atoms with Gasteiger partial charge in [-0.25, -0.2) is 4.39 Å². The van der Waals surface area contributed by atoms with Crippen LogP contribution >= 0.6 is 31.9 Å². The van der Waals surface area contributed by atoms with E-state index in [1.807, 2.05) is 0 Å². The lowest BCUT2D eigenvalue weighted by Crippen LogP contribution is -2.29. The number of alkyl halides is 2. The van der Waals surface area contributed by atoms with Crippen LogP contribution in [0.3, 0.4) is 0 Å². The number of benzene rings is 1. The zero-order chi connectivity index (χ0) is 12.5. The molecule has 1 aliphatic rings. The molecule has 1 nitrogen and oxygen atoms in total. The van der Waals surface area contributed by atoms with Crippen molar-refractivity contribution < 1.29 is 9.13 Å². The van der Waals surface area contributed by atoms with E-state index in [0.29, 0.717) is 0 Å². The molecule has 17 heavy (non-hydrogen) atoms. The van der Waals surface area contributed by atoms with E-state index in [1.54, 1.807) is 12.1 Å². The molecule has 0 N–H and O–H groups in total. The first-order chi connectivity index (χ1) is 8.06. The van der Waals surface area contributed by atoms with Gasteiger partial charge in [-0.05, 0) is 30.0 Å². The molecule has 0 aliphatic carbocycles. The summed E-state index contributed by atoms with van der Waals surface area (Å²) in [6.07, 6.45) is 1.93. The molecular weight excluding hydrogens is 351 g/mol. The summed E-state index contributed by atoms with van der Waals surface area (Å²) in [4.78, 5) is 0. The minimum Gasteiger partial charge on any atom is -0.490 e. The molecule has 1 aliphatic heterocycles. The zero-order valence-corrected chi connectivity index (χ0v) is 12.9. The molecule has 1 aromatic carbocycles. The topological polar surface area (TPSA) is 9.23 Å². The molecule has 4 heteroatoms. The van der Waals surface area contributed by atoms with Gasteiger partial charge in [-0.3, -0.25) is 0 Å². The molecule has 2 rings (SSSR count). The molecule has 0 spiro atoms. The maximum atomic E-state index is 13.1. The molecule has 1 unspecified atom stereocenters. The number of ether oxygens (including phenoxy) is 1. The lowest BCUT2D eigenvalue weighted by molar-refractivity contribution is 0.172. The van der Waals surface area contributed by atoms with E-state index in [0.717, 1.165) is 34.8 Å². The number of halogens is 3. The summed E-state index contributed by atoms with van der Waals surface area (Å²) in [5.41, 5.74) is 1.16. The predicted octanol–water partition coefficient (Wildman–Crippen LogP) is 4.32. The minimum absolute atomic E-state index is 0.159. The molecule has 1 aromatic rings. The fraction of sp³-hybridized carbons (Fsp3) is 0.538. The molecule has 94 valence electrons. The Morgan fingerprint density at radius 2 is 2.12 bits per heavy atom. The van der Waals surface area contributed by atoms with E-state index in [-0.39, 0.29) is 17.3 Å². The Hall–Kier alpha value is -0.0900. The Bertz CT molecular complexity index is 404. The second-order valence-corrected chi connectivity index (χ2v) is 6.10. The fourth-order valence-electron chi connectivity index (χ4n) is 2.10. The van der Waals surface area contributed by atoms with Crippen molar-refractivity contribution in [2.24, 2.45) is 5.41 Å². The molecule has 1 atom stereocenters. The highest BCUT2D eigenvalue weighted by Crippen LogP contribution is 2.36. The lowest BCUT2D eigenvalue weighted by atomic mass is 9.88. The van der Waals surface area contributed by atoms with Crippen LogP contribution in [0.4, 0.5) is 4.39 Å². The van der Waals surface area contributed by atoms with Crippen LogP contribution < -0.4 is 4.74 Å². The highest BCUT2D eigenvalue weighted by molar-refractivity contribution is 9.09. The van der Waals surface area contributed by atoms with Crippen molar-refractivity contribution >= 4 is 31.9 Å². The third kappa shape index (κ3) is 3.02. The van der Waals surface area contributed by atoms with E-state index in [2.05, 4.69) is 38.8 Å². The van der Waals surface area contributed by atoms with Gasteiger partial charge in [0.25, 0.3) is 0 Å². The molecule has 0 saturated carbocycles. The average molecular weight is 366 g/mol. The first kappa shape index (κ1) is 13.3. The van der Waals surface area contributed by atoms with Crippen molar-refractivity contribution in [1.82, 2.24) is 0 Å². The molecule has 0 amide bonds. The molecule has 0 saturated heterocycles. The van der Waals surface area contributed by atoms with Crippen LogP contribution in [-0.2, 0) is 6.42 Å². The molecule has 0 radical (unpaired) electrons. The normalized spacial score (nSPS) is 18.9. The Morgan fingerprint density at radius 3 is 2.76 bits per heavy atom. The van der Waals surface area contributed by atoms with Gasteiger partial charge < -0.3 is 4.74 Å². The van der Waals surface area contributed by atoms with Crippen LogP contribution in [0.2, 0.25) is 0 Å². The minimum atomic E-state index is -0.184. The first-order valence-electron chi connectivity index (χ1n) is 5.63. The molecule has 0 aromatic heterocycles. The molecule has 1 heterocycles. The van der Waals surface area contributed by atoms with Crippen LogP contribution in [0.15, 0.2) is 18.2 Å². The van der Waals surface area contributed by atoms with Crippen LogP contribution in [0.5, 0.6) is 5.75 Å². The summed E-state index contributed by atoms with van der Waals surface area (Å²) in [5.74, 6) is 0.652. The van der Waals surface area contributed by atoms with Crippen molar-refractivity contribution in [2.75, 3.05) is 10.7 Å². The SMILES string of the molecule is CC(CBr)(CBr)CC1Cc2cc(F)ccc2O1. The van der Waals surface area contributed by atoms with Gasteiger partial charge in [0.15, 0.2) is 0 Å². The van der Waals surface area contributed by atoms with Gasteiger partial charge in [-0.1, -0.05) is 38.8 Å². The van der Waals surface area contributed by atoms with Gasteiger partial charge in [0.2, 0.25) is 0 Å². The largest absolute Gasteiger partial charge is 0.490 e. The Morgan fingerprint density at radius 1 is 1.41 bits per heavy atom. The predicted molar refractivity (Wildman–Crippen MR) is 74.8 cm³/mol. The van der Waals surface area contributed by atoms with Crippen LogP contribution in [0.1, 0.15) is 18.9 Å². The summed E-state index contributed by atoms with van der Waals surface area (Å²) in [7, 11) is 0. The molecule has 0 fully saturated rings. The van der Waals surface area contributed by atoms with Gasteiger partial charge in [0, 0.05) is 22.6 Å². The third-order valence-corrected chi connectivity index (χ3v) is 5.84. The highest BCUT2D eigenvalue weighted by Gasteiger charge is 2.31. The van der Waals surface area contributed by atoms with E-state index in [1.165, 1.54) is 6.07 Å². The maximum absolute atomic E-state index is 13.1. The van der Waals surface area contributed by atoms with Crippen molar-refractivity contribution in [3.63, 3.8) is 0 Å². The smallest absolute Gasteiger partial charge is 0.123 e. The first-order valence-corrected chi connectivity index (χ1v) is 7.88. The average Bonchev–Trinajstić information content (AvgIpc) is 2.70. The number of hydrogen-bond donors (Lipinski definition) is 0. The number of rotatable bonds is 4. The van der Waals surface area contributed by atoms with Gasteiger partial charge in [-0.15, -0.1) is 0 Å². The van der Waals surface area contributed by atoms with Gasteiger partial charge in [0.05, 0.1) is 0 Å². The maximum Gasteiger partial charge on any atom is 0.123 e. The van der Waals surface area contributed by atoms with E-state index >= 15 is 0 Å². The molecule has 0 bridgehead atoms. The number of hydrogen-bond acceptors (Lipinski definition) is 1.